The fourth-order valence-electron chi connectivity index (χ4n) is 2.36. The molecule has 4 nitrogen and oxygen atoms in total. The Hall–Kier alpha value is -1.29. The molecular weight excluding hydrogens is 228 g/mol. The summed E-state index contributed by atoms with van der Waals surface area (Å²) in [5, 5.41) is 10.1. The van der Waals surface area contributed by atoms with Crippen molar-refractivity contribution in [3.05, 3.63) is 18.3 Å². The predicted molar refractivity (Wildman–Crippen MR) is 72.1 cm³/mol. The van der Waals surface area contributed by atoms with Crippen LogP contribution >= 0.6 is 0 Å². The molecule has 1 aromatic rings. The lowest BCUT2D eigenvalue weighted by Crippen LogP contribution is -2.29. The molecule has 1 aromatic heterocycles. The van der Waals surface area contributed by atoms with Gasteiger partial charge in [0.15, 0.2) is 11.6 Å². The SMILES string of the molecule is CCOc1cccnc1N1CCCC(C)(O)CC1. The van der Waals surface area contributed by atoms with Crippen molar-refractivity contribution in [2.45, 2.75) is 38.7 Å². The molecule has 100 valence electrons. The average molecular weight is 250 g/mol. The molecule has 0 amide bonds. The molecule has 1 aliphatic heterocycles. The van der Waals surface area contributed by atoms with Gasteiger partial charge in [-0.15, -0.1) is 0 Å². The Morgan fingerprint density at radius 2 is 2.28 bits per heavy atom. The van der Waals surface area contributed by atoms with Crippen LogP contribution in [0, 0.1) is 0 Å². The van der Waals surface area contributed by atoms with Crippen LogP contribution < -0.4 is 9.64 Å². The molecule has 4 heteroatoms. The zero-order chi connectivity index (χ0) is 13.0. The van der Waals surface area contributed by atoms with Crippen LogP contribution in [0.25, 0.3) is 0 Å². The van der Waals surface area contributed by atoms with Gasteiger partial charge in [0.2, 0.25) is 0 Å². The van der Waals surface area contributed by atoms with E-state index in [0.29, 0.717) is 6.61 Å². The van der Waals surface area contributed by atoms with Gasteiger partial charge >= 0.3 is 0 Å². The molecule has 1 fully saturated rings. The molecule has 0 spiro atoms. The normalized spacial score (nSPS) is 24.7. The maximum absolute atomic E-state index is 10.1. The summed E-state index contributed by atoms with van der Waals surface area (Å²) in [6, 6.07) is 3.84. The Balaban J connectivity index is 2.15. The molecule has 0 saturated carbocycles. The minimum Gasteiger partial charge on any atom is -0.490 e. The standard InChI is InChI=1S/C14H22N2O2/c1-3-18-12-6-4-9-15-13(12)16-10-5-7-14(2,17)8-11-16/h4,6,9,17H,3,5,7-8,10-11H2,1-2H3. The number of hydrogen-bond acceptors (Lipinski definition) is 4. The van der Waals surface area contributed by atoms with Crippen LogP contribution in [0.2, 0.25) is 0 Å². The second-order valence-electron chi connectivity index (χ2n) is 5.10. The molecule has 2 heterocycles. The number of anilines is 1. The number of pyridine rings is 1. The van der Waals surface area contributed by atoms with Gasteiger partial charge in [0, 0.05) is 19.3 Å². The molecule has 1 aliphatic rings. The van der Waals surface area contributed by atoms with Crippen LogP contribution in [0.15, 0.2) is 18.3 Å². The van der Waals surface area contributed by atoms with Crippen molar-refractivity contribution in [2.24, 2.45) is 0 Å². The topological polar surface area (TPSA) is 45.6 Å². The number of rotatable bonds is 3. The van der Waals surface area contributed by atoms with Gasteiger partial charge in [0.05, 0.1) is 12.2 Å². The van der Waals surface area contributed by atoms with Crippen molar-refractivity contribution in [2.75, 3.05) is 24.6 Å². The summed E-state index contributed by atoms with van der Waals surface area (Å²) in [4.78, 5) is 6.64. The van der Waals surface area contributed by atoms with Gasteiger partial charge in [-0.3, -0.25) is 0 Å². The monoisotopic (exact) mass is 250 g/mol. The summed E-state index contributed by atoms with van der Waals surface area (Å²) in [6.07, 6.45) is 4.39. The first-order chi connectivity index (χ1) is 8.62. The third kappa shape index (κ3) is 3.13. The Kier molecular flexibility index (Phi) is 4.07. The predicted octanol–water partition coefficient (Wildman–Crippen LogP) is 2.22. The lowest BCUT2D eigenvalue weighted by Gasteiger charge is -2.24. The molecule has 0 aromatic carbocycles. The van der Waals surface area contributed by atoms with Crippen molar-refractivity contribution in [1.82, 2.24) is 4.98 Å². The molecule has 0 radical (unpaired) electrons. The van der Waals surface area contributed by atoms with Gasteiger partial charge in [0.1, 0.15) is 0 Å². The zero-order valence-corrected chi connectivity index (χ0v) is 11.2. The van der Waals surface area contributed by atoms with Crippen molar-refractivity contribution in [3.63, 3.8) is 0 Å². The van der Waals surface area contributed by atoms with E-state index in [4.69, 9.17) is 4.74 Å². The minimum absolute atomic E-state index is 0.546. The fourth-order valence-corrected chi connectivity index (χ4v) is 2.36. The van der Waals surface area contributed by atoms with Crippen molar-refractivity contribution in [3.8, 4) is 5.75 Å². The molecule has 1 unspecified atom stereocenters. The first-order valence-corrected chi connectivity index (χ1v) is 6.67. The molecule has 1 atom stereocenters. The van der Waals surface area contributed by atoms with E-state index in [2.05, 4.69) is 9.88 Å². The van der Waals surface area contributed by atoms with Crippen LogP contribution in [0.3, 0.4) is 0 Å². The van der Waals surface area contributed by atoms with E-state index < -0.39 is 5.60 Å². The van der Waals surface area contributed by atoms with Crippen LogP contribution in [-0.2, 0) is 0 Å². The van der Waals surface area contributed by atoms with E-state index >= 15 is 0 Å². The van der Waals surface area contributed by atoms with Gasteiger partial charge in [0.25, 0.3) is 0 Å². The second kappa shape index (κ2) is 5.57. The Morgan fingerprint density at radius 3 is 3.06 bits per heavy atom. The van der Waals surface area contributed by atoms with E-state index in [-0.39, 0.29) is 0 Å². The van der Waals surface area contributed by atoms with Crippen LogP contribution in [0.5, 0.6) is 5.75 Å². The zero-order valence-electron chi connectivity index (χ0n) is 11.2. The molecule has 1 saturated heterocycles. The lowest BCUT2D eigenvalue weighted by atomic mass is 9.98. The Bertz CT molecular complexity index is 393. The highest BCUT2D eigenvalue weighted by molar-refractivity contribution is 5.52. The number of aliphatic hydroxyl groups is 1. The third-order valence-electron chi connectivity index (χ3n) is 3.41. The largest absolute Gasteiger partial charge is 0.490 e. The summed E-state index contributed by atoms with van der Waals surface area (Å²) < 4.78 is 5.62. The first-order valence-electron chi connectivity index (χ1n) is 6.67. The maximum atomic E-state index is 10.1. The van der Waals surface area contributed by atoms with Gasteiger partial charge in [-0.05, 0) is 45.2 Å². The van der Waals surface area contributed by atoms with Crippen molar-refractivity contribution in [1.29, 1.82) is 0 Å². The summed E-state index contributed by atoms with van der Waals surface area (Å²) >= 11 is 0. The molecule has 0 bridgehead atoms. The highest BCUT2D eigenvalue weighted by Crippen LogP contribution is 2.29. The van der Waals surface area contributed by atoms with E-state index in [9.17, 15) is 5.11 Å². The lowest BCUT2D eigenvalue weighted by molar-refractivity contribution is 0.0481. The van der Waals surface area contributed by atoms with Crippen LogP contribution in [-0.4, -0.2) is 35.4 Å². The van der Waals surface area contributed by atoms with Gasteiger partial charge in [-0.2, -0.15) is 0 Å². The molecule has 18 heavy (non-hydrogen) atoms. The van der Waals surface area contributed by atoms with Gasteiger partial charge < -0.3 is 14.7 Å². The van der Waals surface area contributed by atoms with E-state index in [1.165, 1.54) is 0 Å². The highest BCUT2D eigenvalue weighted by Gasteiger charge is 2.26. The fraction of sp³-hybridized carbons (Fsp3) is 0.643. The molecule has 2 rings (SSSR count). The van der Waals surface area contributed by atoms with E-state index in [1.807, 2.05) is 26.0 Å². The van der Waals surface area contributed by atoms with Crippen molar-refractivity contribution < 1.29 is 9.84 Å². The number of aromatic nitrogens is 1. The summed E-state index contributed by atoms with van der Waals surface area (Å²) in [5.74, 6) is 1.73. The Morgan fingerprint density at radius 1 is 1.44 bits per heavy atom. The number of nitrogens with zero attached hydrogens (tertiary/aromatic N) is 2. The molecule has 0 aliphatic carbocycles. The second-order valence-corrected chi connectivity index (χ2v) is 5.10. The molecular formula is C14H22N2O2. The van der Waals surface area contributed by atoms with E-state index in [1.54, 1.807) is 6.20 Å². The first kappa shape index (κ1) is 13.1. The smallest absolute Gasteiger partial charge is 0.171 e. The molecule has 1 N–H and O–H groups in total. The van der Waals surface area contributed by atoms with E-state index in [0.717, 1.165) is 43.9 Å². The minimum atomic E-state index is -0.546. The van der Waals surface area contributed by atoms with Crippen LogP contribution in [0.4, 0.5) is 5.82 Å². The third-order valence-corrected chi connectivity index (χ3v) is 3.41. The van der Waals surface area contributed by atoms with Gasteiger partial charge in [-0.25, -0.2) is 4.98 Å². The highest BCUT2D eigenvalue weighted by atomic mass is 16.5. The van der Waals surface area contributed by atoms with Crippen molar-refractivity contribution >= 4 is 5.82 Å². The summed E-state index contributed by atoms with van der Waals surface area (Å²) in [7, 11) is 0. The Labute approximate surface area is 109 Å². The summed E-state index contributed by atoms with van der Waals surface area (Å²) in [6.45, 7) is 6.28. The average Bonchev–Trinajstić information content (AvgIpc) is 2.52. The maximum Gasteiger partial charge on any atom is 0.171 e. The summed E-state index contributed by atoms with van der Waals surface area (Å²) in [5.41, 5.74) is -0.546. The number of hydrogen-bond donors (Lipinski definition) is 1. The van der Waals surface area contributed by atoms with Gasteiger partial charge in [-0.1, -0.05) is 0 Å². The quantitative estimate of drug-likeness (QED) is 0.893. The number of ether oxygens (including phenoxy) is 1. The van der Waals surface area contributed by atoms with Crippen LogP contribution in [0.1, 0.15) is 33.1 Å².